The average Bonchev–Trinajstić information content (AvgIpc) is 0.977. The molecule has 0 spiro atoms. The highest BCUT2D eigenvalue weighted by Crippen LogP contribution is 2.28. The second-order valence-corrected chi connectivity index (χ2v) is 29.9. The van der Waals surface area contributed by atoms with E-state index >= 15 is 0 Å². The van der Waals surface area contributed by atoms with Gasteiger partial charge in [-0.2, -0.15) is 0 Å². The highest BCUT2D eigenvalue weighted by atomic mass is 35.5. The lowest BCUT2D eigenvalue weighted by atomic mass is 10.1. The van der Waals surface area contributed by atoms with Crippen LogP contribution >= 0.6 is 116 Å². The summed E-state index contributed by atoms with van der Waals surface area (Å²) in [5, 5.41) is 45.6. The molecule has 0 aromatic heterocycles. The molecule has 6 aromatic carbocycles. The van der Waals surface area contributed by atoms with Gasteiger partial charge in [0.15, 0.2) is 47.7 Å². The van der Waals surface area contributed by atoms with E-state index < -0.39 is 0 Å². The fourth-order valence-corrected chi connectivity index (χ4v) is 11.4. The molecular formula is C73H94Cl10N30. The van der Waals surface area contributed by atoms with E-state index in [2.05, 4.69) is 135 Å². The Kier molecular flexibility index (Phi) is 36.6. The van der Waals surface area contributed by atoms with Gasteiger partial charge in [-0.25, -0.2) is 49.9 Å². The monoisotopic (exact) mass is 1740 g/mol. The van der Waals surface area contributed by atoms with Gasteiger partial charge in [0.1, 0.15) is 37.0 Å². The van der Waals surface area contributed by atoms with Crippen LogP contribution in [-0.4, -0.2) is 166 Å². The van der Waals surface area contributed by atoms with Crippen molar-refractivity contribution in [2.75, 3.05) is 51.9 Å². The van der Waals surface area contributed by atoms with Gasteiger partial charge in [-0.3, -0.25) is 41.9 Å². The predicted octanol–water partition coefficient (Wildman–Crippen LogP) is 11.9. The van der Waals surface area contributed by atoms with Gasteiger partial charge in [0.05, 0.1) is 53.3 Å². The number of nitrogens with one attached hydrogen (secondary N) is 13. The van der Waals surface area contributed by atoms with E-state index in [9.17, 15) is 0 Å². The number of halogens is 10. The molecule has 30 nitrogen and oxygen atoms in total. The van der Waals surface area contributed by atoms with Crippen LogP contribution in [-0.2, 0) is 25.9 Å². The number of rotatable bonds is 13. The first-order valence-corrected chi connectivity index (χ1v) is 39.1. The molecule has 0 saturated heterocycles. The van der Waals surface area contributed by atoms with Crippen LogP contribution < -0.4 is 86.3 Å². The number of hydrogen-bond donors (Lipinski definition) is 16. The van der Waals surface area contributed by atoms with Crippen LogP contribution in [0.5, 0.6) is 0 Å². The van der Waals surface area contributed by atoms with Crippen LogP contribution in [0.25, 0.3) is 0 Å². The standard InChI is InChI=1S/C14H20ClN5.C13H17Cl2N5.C13H18ClN5.C12H15Cl2N5.C11H13Cl2N5.C10H11Cl2N5/c1-10-17-13(19-14(18-10)20(2)3)16-8-7-11-5-4-6-12(15)9-11;1-7(2)16-12-17-8(3)18-13(20-12)19-9-4-5-10(14)11(15)6-9;1-9-16-12(18-13(17-9)19(2)3)15-8-10-4-6-11(14)7-5-10;1-7-17-11(15)19-12(18-7)16-5-4-8-2-3-9(13)10(14)6-8;1-6-16-10(14)18-11(17-6)15-5-7-2-3-8(12)9(13)4-7;1-5-14-9(13)17-10(15-5)16-6-2-3-7(11)8(12)4-6/h4-6,9-10H,7-8H2,1-3H3,(H2,16,17,18,19);4-8H,1-3H3,(H3,16,17,18,19,20);4-7,9H,8H2,1-3H3,(H2,15,16,17,18);2-3,6-7H,4-5H2,1H3,(H4,15,16,17,18,19);2-4,6H,5H2,1H3,(H4,14,15,16,17,18);2-5H,1H3,(H4,13,14,15,16,17). The Morgan fingerprint density at radius 2 is 0.752 bits per heavy atom. The molecule has 0 amide bonds. The third-order valence-electron chi connectivity index (χ3n) is 15.0. The quantitative estimate of drug-likeness (QED) is 0.0511. The molecule has 19 N–H and O–H groups in total. The third kappa shape index (κ3) is 33.3. The summed E-state index contributed by atoms with van der Waals surface area (Å²) in [5.74, 6) is 7.27. The van der Waals surface area contributed by atoms with Gasteiger partial charge in [0.25, 0.3) is 0 Å². The molecular weight excluding hydrogens is 1650 g/mol. The van der Waals surface area contributed by atoms with E-state index in [0.29, 0.717) is 114 Å². The van der Waals surface area contributed by atoms with Crippen molar-refractivity contribution in [1.82, 2.24) is 68.3 Å². The third-order valence-corrected chi connectivity index (χ3v) is 18.4. The lowest BCUT2D eigenvalue weighted by Gasteiger charge is -2.26. The number of hydrogen-bond acceptors (Lipinski definition) is 22. The Balaban J connectivity index is 0.000000188. The fourth-order valence-electron chi connectivity index (χ4n) is 9.85. The second kappa shape index (κ2) is 45.5. The Hall–Kier alpha value is -9.34. The molecule has 6 aromatic rings. The summed E-state index contributed by atoms with van der Waals surface area (Å²) in [7, 11) is 7.79. The minimum absolute atomic E-state index is 0.0163. The number of anilines is 2. The van der Waals surface area contributed by atoms with Crippen molar-refractivity contribution >= 4 is 199 Å². The van der Waals surface area contributed by atoms with Gasteiger partial charge in [0, 0.05) is 68.7 Å². The number of aliphatic imine (C=N–C) groups is 12. The summed E-state index contributed by atoms with van der Waals surface area (Å²) in [4.78, 5) is 55.6. The number of nitrogens with two attached hydrogens (primary N) is 3. The highest BCUT2D eigenvalue weighted by molar-refractivity contribution is 6.44. The Bertz CT molecular complexity index is 4580. The van der Waals surface area contributed by atoms with Crippen molar-refractivity contribution in [3.05, 3.63) is 194 Å². The van der Waals surface area contributed by atoms with Crippen LogP contribution in [0.1, 0.15) is 77.6 Å². The lowest BCUT2D eigenvalue weighted by Crippen LogP contribution is -2.53. The second-order valence-electron chi connectivity index (χ2n) is 25.8. The molecule has 6 heterocycles. The minimum Gasteiger partial charge on any atom is -0.370 e. The molecule has 12 rings (SSSR count). The van der Waals surface area contributed by atoms with Gasteiger partial charge in [-0.1, -0.05) is 152 Å². The highest BCUT2D eigenvalue weighted by Gasteiger charge is 2.20. The van der Waals surface area contributed by atoms with E-state index in [1.807, 2.05) is 160 Å². The Morgan fingerprint density at radius 1 is 0.372 bits per heavy atom. The number of benzene rings is 6. The van der Waals surface area contributed by atoms with Crippen LogP contribution in [0.15, 0.2) is 181 Å². The van der Waals surface area contributed by atoms with Crippen molar-refractivity contribution < 1.29 is 0 Å². The van der Waals surface area contributed by atoms with Gasteiger partial charge in [0.2, 0.25) is 23.8 Å². The summed E-state index contributed by atoms with van der Waals surface area (Å²) < 4.78 is 0. The van der Waals surface area contributed by atoms with Gasteiger partial charge >= 0.3 is 0 Å². The zero-order valence-corrected chi connectivity index (χ0v) is 71.7. The van der Waals surface area contributed by atoms with Crippen molar-refractivity contribution in [2.45, 2.75) is 124 Å². The zero-order valence-electron chi connectivity index (χ0n) is 64.1. The summed E-state index contributed by atoms with van der Waals surface area (Å²) in [6.45, 7) is 18.0. The van der Waals surface area contributed by atoms with Crippen LogP contribution in [0.3, 0.4) is 0 Å². The zero-order chi connectivity index (χ0) is 82.4. The van der Waals surface area contributed by atoms with Crippen molar-refractivity contribution in [1.29, 1.82) is 0 Å². The molecule has 6 aliphatic rings. The molecule has 0 aliphatic carbocycles. The summed E-state index contributed by atoms with van der Waals surface area (Å²) in [5.41, 5.74) is 22.8. The summed E-state index contributed by atoms with van der Waals surface area (Å²) in [6, 6.07) is 37.4. The number of nitrogens with zero attached hydrogens (tertiary/aromatic N) is 14. The van der Waals surface area contributed by atoms with Gasteiger partial charge in [-0.05, 0) is 175 Å². The molecule has 6 atom stereocenters. The molecule has 0 saturated carbocycles. The van der Waals surface area contributed by atoms with Crippen LogP contribution in [0.2, 0.25) is 50.2 Å². The maximum absolute atomic E-state index is 5.99. The fraction of sp³-hybridized carbons (Fsp3) is 0.342. The lowest BCUT2D eigenvalue weighted by molar-refractivity contribution is 0.559. The first-order chi connectivity index (χ1) is 53.6. The molecule has 0 fully saturated rings. The average molecular weight is 1750 g/mol. The topological polar surface area (TPSA) is 389 Å². The molecule has 6 aliphatic heterocycles. The van der Waals surface area contributed by atoms with E-state index in [-0.39, 0.29) is 43.0 Å². The van der Waals surface area contributed by atoms with E-state index in [4.69, 9.17) is 133 Å². The summed E-state index contributed by atoms with van der Waals surface area (Å²) in [6.07, 6.45) is 1.17. The number of guanidine groups is 12. The van der Waals surface area contributed by atoms with Gasteiger partial charge < -0.3 is 64.2 Å². The summed E-state index contributed by atoms with van der Waals surface area (Å²) >= 11 is 59.0. The largest absolute Gasteiger partial charge is 0.370 e. The van der Waals surface area contributed by atoms with E-state index in [1.54, 1.807) is 48.5 Å². The minimum atomic E-state index is -0.207. The normalized spacial score (nSPS) is 20.0. The van der Waals surface area contributed by atoms with Crippen LogP contribution in [0.4, 0.5) is 11.4 Å². The van der Waals surface area contributed by atoms with Crippen LogP contribution in [0, 0.1) is 0 Å². The molecule has 113 heavy (non-hydrogen) atoms. The molecule has 6 unspecified atom stereocenters. The molecule has 0 radical (unpaired) electrons. The smallest absolute Gasteiger partial charge is 0.204 e. The first kappa shape index (κ1) is 90.8. The van der Waals surface area contributed by atoms with Gasteiger partial charge in [-0.15, -0.1) is 0 Å². The van der Waals surface area contributed by atoms with E-state index in [1.165, 1.54) is 5.56 Å². The first-order valence-electron chi connectivity index (χ1n) is 35.3. The SMILES string of the molecule is CC1N=C(N(C)C)NC(=NCCc2cccc(Cl)c2)N1.CC1N=C(N(C)C)NC(=NCc2ccc(Cl)cc2)N1.CC1N=C(N)NC(=NCCc2ccc(Cl)c(Cl)c2)N1.CC1N=C(N)NC(=NCc2ccc(Cl)c(Cl)c2)N1.CC1N=C(N)NC(Nc2ccc(Cl)c(Cl)c2)=N1.CC1N=C(Nc2ccc(Cl)c(Cl)c2)NC(NC(C)C)=N1. The maximum atomic E-state index is 5.99. The molecule has 606 valence electrons. The molecule has 0 bridgehead atoms. The van der Waals surface area contributed by atoms with Crippen molar-refractivity contribution in [3.8, 4) is 0 Å². The maximum Gasteiger partial charge on any atom is 0.204 e. The Morgan fingerprint density at radius 3 is 1.20 bits per heavy atom. The predicted molar refractivity (Wildman–Crippen MR) is 476 cm³/mol. The van der Waals surface area contributed by atoms with E-state index in [0.717, 1.165) is 74.8 Å². The van der Waals surface area contributed by atoms with Crippen molar-refractivity contribution in [2.24, 2.45) is 77.1 Å². The van der Waals surface area contributed by atoms with Crippen molar-refractivity contribution in [3.63, 3.8) is 0 Å². The Labute approximate surface area is 709 Å². The molecule has 40 heteroatoms.